The van der Waals surface area contributed by atoms with Gasteiger partial charge in [0.2, 0.25) is 0 Å². The number of hydrogen-bond acceptors (Lipinski definition) is 3. The van der Waals surface area contributed by atoms with Crippen molar-refractivity contribution in [2.24, 2.45) is 0 Å². The van der Waals surface area contributed by atoms with E-state index in [0.29, 0.717) is 13.2 Å². The molecule has 0 spiro atoms. The number of hydrogen-bond donors (Lipinski definition) is 0. The lowest BCUT2D eigenvalue weighted by atomic mass is 9.93. The third-order valence-electron chi connectivity index (χ3n) is 9.59. The lowest BCUT2D eigenvalue weighted by Crippen LogP contribution is -3.00. The van der Waals surface area contributed by atoms with Crippen LogP contribution in [-0.2, 0) is 14.2 Å². The Hall–Kier alpha value is 0.570. The Labute approximate surface area is 269 Å². The van der Waals surface area contributed by atoms with E-state index in [1.54, 1.807) is 0 Å². The van der Waals surface area contributed by atoms with Crippen LogP contribution in [0.15, 0.2) is 0 Å². The van der Waals surface area contributed by atoms with Gasteiger partial charge in [-0.25, -0.2) is 0 Å². The highest BCUT2D eigenvalue weighted by Crippen LogP contribution is 2.30. The number of piperidine rings is 1. The number of unbranched alkanes of at least 4 members (excludes halogenated alkanes) is 16. The Bertz CT molecular complexity index is 511. The van der Waals surface area contributed by atoms with Crippen molar-refractivity contribution in [2.45, 2.75) is 181 Å². The Balaban J connectivity index is 0.0000152. The molecular formula is C35H72INO3. The third-order valence-corrected chi connectivity index (χ3v) is 9.59. The van der Waals surface area contributed by atoms with Crippen molar-refractivity contribution in [1.82, 2.24) is 0 Å². The van der Waals surface area contributed by atoms with E-state index in [1.807, 2.05) is 0 Å². The molecule has 0 saturated carbocycles. The predicted octanol–water partition coefficient (Wildman–Crippen LogP) is 6.88. The van der Waals surface area contributed by atoms with Crippen LogP contribution in [0.1, 0.15) is 163 Å². The molecule has 3 atom stereocenters. The topological polar surface area (TPSA) is 27.7 Å². The van der Waals surface area contributed by atoms with Gasteiger partial charge in [0, 0.05) is 19.8 Å². The molecule has 4 nitrogen and oxygen atoms in total. The first-order chi connectivity index (χ1) is 19.0. The van der Waals surface area contributed by atoms with Crippen LogP contribution in [0.4, 0.5) is 0 Å². The molecule has 0 aliphatic carbocycles. The van der Waals surface area contributed by atoms with Gasteiger partial charge < -0.3 is 42.7 Å². The van der Waals surface area contributed by atoms with Crippen molar-refractivity contribution >= 4 is 0 Å². The average molecular weight is 682 g/mol. The largest absolute Gasteiger partial charge is 1.00 e. The Kier molecular flexibility index (Phi) is 28.8. The molecule has 1 aliphatic rings. The molecule has 1 rings (SSSR count). The normalized spacial score (nSPS) is 21.8. The number of halogens is 1. The zero-order valence-electron chi connectivity index (χ0n) is 27.9. The van der Waals surface area contributed by atoms with Gasteiger partial charge in [0.15, 0.2) is 0 Å². The van der Waals surface area contributed by atoms with Crippen LogP contribution in [0.5, 0.6) is 0 Å². The molecule has 3 unspecified atom stereocenters. The second-order valence-corrected chi connectivity index (χ2v) is 12.9. The average Bonchev–Trinajstić information content (AvgIpc) is 2.93. The van der Waals surface area contributed by atoms with Crippen LogP contribution < -0.4 is 24.0 Å². The first-order valence-corrected chi connectivity index (χ1v) is 17.7. The van der Waals surface area contributed by atoms with Crippen molar-refractivity contribution < 1.29 is 42.7 Å². The number of likely N-dealkylation sites (tertiary alicyclic amines) is 1. The van der Waals surface area contributed by atoms with Gasteiger partial charge in [0.1, 0.15) is 6.10 Å². The molecule has 0 N–H and O–H groups in total. The van der Waals surface area contributed by atoms with Gasteiger partial charge in [-0.05, 0) is 65.7 Å². The van der Waals surface area contributed by atoms with Crippen molar-refractivity contribution in [3.05, 3.63) is 0 Å². The van der Waals surface area contributed by atoms with Crippen molar-refractivity contribution in [3.8, 4) is 0 Å². The first kappa shape index (κ1) is 40.6. The predicted molar refractivity (Wildman–Crippen MR) is 170 cm³/mol. The van der Waals surface area contributed by atoms with Crippen LogP contribution >= 0.6 is 0 Å². The summed E-state index contributed by atoms with van der Waals surface area (Å²) in [6.07, 6.45) is 28.9. The van der Waals surface area contributed by atoms with E-state index in [4.69, 9.17) is 14.2 Å². The van der Waals surface area contributed by atoms with Gasteiger partial charge in [-0.1, -0.05) is 96.8 Å². The summed E-state index contributed by atoms with van der Waals surface area (Å²) < 4.78 is 19.1. The molecule has 1 aliphatic heterocycles. The number of ether oxygens (including phenoxy) is 3. The van der Waals surface area contributed by atoms with Crippen LogP contribution in [0.2, 0.25) is 0 Å². The molecular weight excluding hydrogens is 609 g/mol. The van der Waals surface area contributed by atoms with E-state index in [2.05, 4.69) is 34.7 Å². The molecule has 0 radical (unpaired) electrons. The summed E-state index contributed by atoms with van der Waals surface area (Å²) in [7, 11) is 2.49. The lowest BCUT2D eigenvalue weighted by molar-refractivity contribution is -0.958. The lowest BCUT2D eigenvalue weighted by Gasteiger charge is -2.48. The smallest absolute Gasteiger partial charge is 0.104 e. The molecule has 0 aromatic heterocycles. The van der Waals surface area contributed by atoms with E-state index >= 15 is 0 Å². The van der Waals surface area contributed by atoms with Gasteiger partial charge in [0.25, 0.3) is 0 Å². The van der Waals surface area contributed by atoms with Gasteiger partial charge in [-0.3, -0.25) is 0 Å². The Morgan fingerprint density at radius 2 is 1.00 bits per heavy atom. The minimum Gasteiger partial charge on any atom is -1.00 e. The first-order valence-electron chi connectivity index (χ1n) is 17.7. The van der Waals surface area contributed by atoms with E-state index in [-0.39, 0.29) is 30.1 Å². The Morgan fingerprint density at radius 3 is 1.43 bits per heavy atom. The summed E-state index contributed by atoms with van der Waals surface area (Å²) in [4.78, 5) is 0. The summed E-state index contributed by atoms with van der Waals surface area (Å²) >= 11 is 0. The standard InChI is InChI=1S/C35H72NO3.HI/c1-6-8-9-10-11-12-13-14-15-16-17-18-20-23-29-37-31-35(39-7-2)32-38-30-24-21-19-22-28-36(5)33(3)26-25-27-34(36)4;/h33-35H,6-32H2,1-5H3;1H/q+1;/p-1. The molecule has 0 bridgehead atoms. The number of quaternary nitrogens is 1. The molecule has 1 fully saturated rings. The maximum Gasteiger partial charge on any atom is 0.104 e. The minimum absolute atomic E-state index is 0. The van der Waals surface area contributed by atoms with E-state index < -0.39 is 0 Å². The summed E-state index contributed by atoms with van der Waals surface area (Å²) in [6, 6.07) is 1.65. The SMILES string of the molecule is CCCCCCCCCCCCCCCCOCC(COCCCCCC[N+]1(C)C(C)CCCC1C)OCC.[I-]. The van der Waals surface area contributed by atoms with Gasteiger partial charge >= 0.3 is 0 Å². The van der Waals surface area contributed by atoms with Crippen molar-refractivity contribution in [2.75, 3.05) is 46.6 Å². The summed E-state index contributed by atoms with van der Waals surface area (Å²) in [5.41, 5.74) is 0. The van der Waals surface area contributed by atoms with Gasteiger partial charge in [0.05, 0.1) is 38.9 Å². The van der Waals surface area contributed by atoms with Gasteiger partial charge in [-0.2, -0.15) is 0 Å². The van der Waals surface area contributed by atoms with Gasteiger partial charge in [-0.15, -0.1) is 0 Å². The maximum atomic E-state index is 5.97. The highest BCUT2D eigenvalue weighted by molar-refractivity contribution is 4.67. The molecule has 5 heteroatoms. The van der Waals surface area contributed by atoms with E-state index in [9.17, 15) is 0 Å². The molecule has 242 valence electrons. The van der Waals surface area contributed by atoms with Crippen LogP contribution in [0, 0.1) is 0 Å². The Morgan fingerprint density at radius 1 is 0.600 bits per heavy atom. The van der Waals surface area contributed by atoms with Crippen molar-refractivity contribution in [1.29, 1.82) is 0 Å². The molecule has 0 aromatic carbocycles. The minimum atomic E-state index is 0. The second-order valence-electron chi connectivity index (χ2n) is 12.9. The quantitative estimate of drug-likeness (QED) is 0.0513. The zero-order valence-corrected chi connectivity index (χ0v) is 30.0. The monoisotopic (exact) mass is 681 g/mol. The number of rotatable bonds is 28. The van der Waals surface area contributed by atoms with E-state index in [1.165, 1.54) is 139 Å². The molecule has 1 saturated heterocycles. The maximum absolute atomic E-state index is 5.97. The molecule has 0 aromatic rings. The molecule has 40 heavy (non-hydrogen) atoms. The second kappa shape index (κ2) is 28.3. The van der Waals surface area contributed by atoms with Crippen LogP contribution in [0.3, 0.4) is 0 Å². The summed E-state index contributed by atoms with van der Waals surface area (Å²) in [6.45, 7) is 14.4. The fourth-order valence-electron chi connectivity index (χ4n) is 6.39. The fraction of sp³-hybridized carbons (Fsp3) is 1.00. The fourth-order valence-corrected chi connectivity index (χ4v) is 6.39. The van der Waals surface area contributed by atoms with Crippen LogP contribution in [0.25, 0.3) is 0 Å². The third kappa shape index (κ3) is 20.5. The van der Waals surface area contributed by atoms with Crippen molar-refractivity contribution in [3.63, 3.8) is 0 Å². The zero-order chi connectivity index (χ0) is 28.4. The van der Waals surface area contributed by atoms with E-state index in [0.717, 1.165) is 38.3 Å². The highest BCUT2D eigenvalue weighted by Gasteiger charge is 2.37. The molecule has 1 heterocycles. The summed E-state index contributed by atoms with van der Waals surface area (Å²) in [5, 5.41) is 0. The van der Waals surface area contributed by atoms with Crippen LogP contribution in [-0.4, -0.2) is 69.3 Å². The highest BCUT2D eigenvalue weighted by atomic mass is 127. The summed E-state index contributed by atoms with van der Waals surface area (Å²) in [5.74, 6) is 0. The number of nitrogens with zero attached hydrogens (tertiary/aromatic N) is 1. The molecule has 0 amide bonds.